The van der Waals surface area contributed by atoms with Crippen molar-refractivity contribution in [3.8, 4) is 0 Å². The normalized spacial score (nSPS) is 18.4. The summed E-state index contributed by atoms with van der Waals surface area (Å²) in [5.74, 6) is -0.0810. The molecule has 0 radical (unpaired) electrons. The quantitative estimate of drug-likeness (QED) is 0.498. The Bertz CT molecular complexity index is 894. The van der Waals surface area contributed by atoms with Crippen molar-refractivity contribution in [2.24, 2.45) is 10.2 Å². The van der Waals surface area contributed by atoms with Crippen LogP contribution in [0.3, 0.4) is 0 Å². The van der Waals surface area contributed by atoms with Crippen LogP contribution in [0, 0.1) is 17.0 Å². The molecule has 3 rings (SSSR count). The van der Waals surface area contributed by atoms with Crippen molar-refractivity contribution in [3.05, 3.63) is 75.3 Å². The van der Waals surface area contributed by atoms with Gasteiger partial charge < -0.3 is 5.32 Å². The highest BCUT2D eigenvalue weighted by Crippen LogP contribution is 2.24. The number of non-ortho nitro benzene ring substituents is 1. The standard InChI is InChI=1S/C18H16N4O3S/c1-12-4-2-3-5-14(12)10-16-17(23)20-18(26-16)21-19-11-13-6-8-15(9-7-13)22(24)25/h2-9,11,16H,10H2,1H3,(H,20,21,23)/b19-11-/t16-/m1/s1. The Kier molecular flexibility index (Phi) is 5.43. The molecule has 0 bridgehead atoms. The fourth-order valence-corrected chi connectivity index (χ4v) is 3.41. The van der Waals surface area contributed by atoms with E-state index in [-0.39, 0.29) is 16.8 Å². The third-order valence-corrected chi connectivity index (χ3v) is 4.97. The first-order chi connectivity index (χ1) is 12.5. The molecule has 2 aromatic rings. The van der Waals surface area contributed by atoms with Gasteiger partial charge in [-0.15, -0.1) is 5.10 Å². The number of carbonyl (C=O) groups excluding carboxylic acids is 1. The Morgan fingerprint density at radius 1 is 1.23 bits per heavy atom. The minimum absolute atomic E-state index is 0.0196. The number of hydrogen-bond acceptors (Lipinski definition) is 6. The Morgan fingerprint density at radius 3 is 2.65 bits per heavy atom. The number of benzene rings is 2. The number of amidine groups is 1. The van der Waals surface area contributed by atoms with E-state index in [2.05, 4.69) is 15.5 Å². The van der Waals surface area contributed by atoms with Crippen LogP contribution in [-0.2, 0) is 11.2 Å². The summed E-state index contributed by atoms with van der Waals surface area (Å²) in [5, 5.41) is 21.5. The predicted molar refractivity (Wildman–Crippen MR) is 103 cm³/mol. The first-order valence-electron chi connectivity index (χ1n) is 7.90. The van der Waals surface area contributed by atoms with E-state index in [4.69, 9.17) is 0 Å². The molecule has 1 saturated heterocycles. The molecule has 0 spiro atoms. The minimum atomic E-state index is -0.458. The molecule has 1 aliphatic heterocycles. The first-order valence-corrected chi connectivity index (χ1v) is 8.78. The molecule has 2 aromatic carbocycles. The fourth-order valence-electron chi connectivity index (χ4n) is 2.46. The Labute approximate surface area is 154 Å². The average Bonchev–Trinajstić information content (AvgIpc) is 2.97. The maximum atomic E-state index is 12.1. The molecule has 1 amide bonds. The van der Waals surface area contributed by atoms with Gasteiger partial charge in [0.05, 0.1) is 16.4 Å². The smallest absolute Gasteiger partial charge is 0.269 e. The van der Waals surface area contributed by atoms with Crippen LogP contribution in [0.15, 0.2) is 58.7 Å². The molecule has 0 aliphatic carbocycles. The zero-order valence-electron chi connectivity index (χ0n) is 14.0. The number of nitro benzene ring substituents is 1. The van der Waals surface area contributed by atoms with Crippen LogP contribution < -0.4 is 5.32 Å². The monoisotopic (exact) mass is 368 g/mol. The molecular weight excluding hydrogens is 352 g/mol. The van der Waals surface area contributed by atoms with Gasteiger partial charge in [-0.3, -0.25) is 14.9 Å². The van der Waals surface area contributed by atoms with Crippen LogP contribution >= 0.6 is 11.8 Å². The highest BCUT2D eigenvalue weighted by Gasteiger charge is 2.30. The van der Waals surface area contributed by atoms with Gasteiger partial charge in [0.2, 0.25) is 5.91 Å². The second-order valence-corrected chi connectivity index (χ2v) is 6.92. The Morgan fingerprint density at radius 2 is 1.96 bits per heavy atom. The van der Waals surface area contributed by atoms with Crippen molar-refractivity contribution in [1.82, 2.24) is 5.32 Å². The van der Waals surface area contributed by atoms with Gasteiger partial charge in [0, 0.05) is 12.1 Å². The van der Waals surface area contributed by atoms with Crippen LogP contribution in [0.5, 0.6) is 0 Å². The summed E-state index contributed by atoms with van der Waals surface area (Å²) >= 11 is 1.35. The largest absolute Gasteiger partial charge is 0.303 e. The second kappa shape index (κ2) is 7.92. The zero-order valence-corrected chi connectivity index (χ0v) is 14.8. The third-order valence-electron chi connectivity index (χ3n) is 3.90. The molecule has 1 N–H and O–H groups in total. The van der Waals surface area contributed by atoms with E-state index in [1.54, 1.807) is 12.1 Å². The molecule has 1 aliphatic rings. The van der Waals surface area contributed by atoms with Crippen LogP contribution in [-0.4, -0.2) is 27.5 Å². The third kappa shape index (κ3) is 4.34. The lowest BCUT2D eigenvalue weighted by atomic mass is 10.0. The number of nitro groups is 1. The summed E-state index contributed by atoms with van der Waals surface area (Å²) in [6.45, 7) is 2.02. The van der Waals surface area contributed by atoms with Crippen molar-refractivity contribution >= 4 is 34.7 Å². The van der Waals surface area contributed by atoms with E-state index in [0.29, 0.717) is 17.2 Å². The number of carbonyl (C=O) groups is 1. The topological polar surface area (TPSA) is 97.0 Å². The van der Waals surface area contributed by atoms with Gasteiger partial charge in [0.25, 0.3) is 5.69 Å². The van der Waals surface area contributed by atoms with E-state index in [9.17, 15) is 14.9 Å². The molecule has 1 atom stereocenters. The predicted octanol–water partition coefficient (Wildman–Crippen LogP) is 3.07. The van der Waals surface area contributed by atoms with Gasteiger partial charge in [-0.05, 0) is 42.2 Å². The molecule has 7 nitrogen and oxygen atoms in total. The van der Waals surface area contributed by atoms with Crippen molar-refractivity contribution in [2.75, 3.05) is 0 Å². The number of aryl methyl sites for hydroxylation is 1. The number of amides is 1. The molecular formula is C18H16N4O3S. The Balaban J connectivity index is 1.62. The lowest BCUT2D eigenvalue weighted by Crippen LogP contribution is -2.26. The average molecular weight is 368 g/mol. The molecule has 1 fully saturated rings. The fraction of sp³-hybridized carbons (Fsp3) is 0.167. The summed E-state index contributed by atoms with van der Waals surface area (Å²) in [4.78, 5) is 22.3. The molecule has 0 aromatic heterocycles. The van der Waals surface area contributed by atoms with Gasteiger partial charge in [-0.2, -0.15) is 5.10 Å². The van der Waals surface area contributed by atoms with Crippen LogP contribution in [0.2, 0.25) is 0 Å². The van der Waals surface area contributed by atoms with Crippen LogP contribution in [0.4, 0.5) is 5.69 Å². The number of nitrogens with one attached hydrogen (secondary N) is 1. The van der Waals surface area contributed by atoms with E-state index < -0.39 is 4.92 Å². The van der Waals surface area contributed by atoms with Crippen LogP contribution in [0.1, 0.15) is 16.7 Å². The van der Waals surface area contributed by atoms with Crippen molar-refractivity contribution in [2.45, 2.75) is 18.6 Å². The Hall–Kier alpha value is -3.00. The summed E-state index contributed by atoms with van der Waals surface area (Å²) in [6, 6.07) is 14.0. The van der Waals surface area contributed by atoms with Gasteiger partial charge in [-0.1, -0.05) is 36.0 Å². The molecule has 0 saturated carbocycles. The molecule has 26 heavy (non-hydrogen) atoms. The van der Waals surface area contributed by atoms with Gasteiger partial charge in [0.1, 0.15) is 0 Å². The molecule has 8 heteroatoms. The van der Waals surface area contributed by atoms with Gasteiger partial charge in [-0.25, -0.2) is 0 Å². The highest BCUT2D eigenvalue weighted by atomic mass is 32.2. The first kappa shape index (κ1) is 17.8. The van der Waals surface area contributed by atoms with Crippen LogP contribution in [0.25, 0.3) is 0 Å². The molecule has 132 valence electrons. The number of thioether (sulfide) groups is 1. The van der Waals surface area contributed by atoms with E-state index in [1.165, 1.54) is 30.1 Å². The van der Waals surface area contributed by atoms with Crippen molar-refractivity contribution in [3.63, 3.8) is 0 Å². The highest BCUT2D eigenvalue weighted by molar-refractivity contribution is 8.15. The second-order valence-electron chi connectivity index (χ2n) is 5.72. The van der Waals surface area contributed by atoms with E-state index >= 15 is 0 Å². The summed E-state index contributed by atoms with van der Waals surface area (Å²) in [7, 11) is 0. The zero-order chi connectivity index (χ0) is 18.5. The van der Waals surface area contributed by atoms with Crippen molar-refractivity contribution < 1.29 is 9.72 Å². The molecule has 1 heterocycles. The SMILES string of the molecule is Cc1ccccc1C[C@H]1S/C(=N/N=C\c2ccc([N+](=O)[O-])cc2)NC1=O. The summed E-state index contributed by atoms with van der Waals surface area (Å²) in [6.07, 6.45) is 2.12. The summed E-state index contributed by atoms with van der Waals surface area (Å²) in [5.41, 5.74) is 3.00. The molecule has 0 unspecified atom stereocenters. The lowest BCUT2D eigenvalue weighted by molar-refractivity contribution is -0.384. The van der Waals surface area contributed by atoms with Crippen molar-refractivity contribution in [1.29, 1.82) is 0 Å². The van der Waals surface area contributed by atoms with E-state index in [1.807, 2.05) is 31.2 Å². The summed E-state index contributed by atoms with van der Waals surface area (Å²) < 4.78 is 0. The lowest BCUT2D eigenvalue weighted by Gasteiger charge is -2.07. The van der Waals surface area contributed by atoms with Gasteiger partial charge >= 0.3 is 0 Å². The number of nitrogens with zero attached hydrogens (tertiary/aromatic N) is 3. The minimum Gasteiger partial charge on any atom is -0.303 e. The number of rotatable bonds is 5. The van der Waals surface area contributed by atoms with E-state index in [0.717, 1.165) is 11.1 Å². The maximum absolute atomic E-state index is 12.1. The number of hydrogen-bond donors (Lipinski definition) is 1. The van der Waals surface area contributed by atoms with Gasteiger partial charge in [0.15, 0.2) is 5.17 Å². The maximum Gasteiger partial charge on any atom is 0.269 e.